The van der Waals surface area contributed by atoms with Gasteiger partial charge >= 0.3 is 0 Å². The van der Waals surface area contributed by atoms with E-state index in [0.717, 1.165) is 25.5 Å². The van der Waals surface area contributed by atoms with Crippen molar-refractivity contribution in [1.82, 2.24) is 0 Å². The molecule has 1 aliphatic heterocycles. The maximum atomic E-state index is 5.03. The molecule has 0 atom stereocenters. The lowest BCUT2D eigenvalue weighted by molar-refractivity contribution is 0.280. The van der Waals surface area contributed by atoms with Gasteiger partial charge in [0, 0.05) is 19.9 Å². The summed E-state index contributed by atoms with van der Waals surface area (Å²) >= 11 is 0. The normalized spacial score (nSPS) is 14.1. The van der Waals surface area contributed by atoms with Gasteiger partial charge in [0.15, 0.2) is 5.90 Å². The molecule has 0 aromatic heterocycles. The summed E-state index contributed by atoms with van der Waals surface area (Å²) in [5.41, 5.74) is 0. The van der Waals surface area contributed by atoms with Gasteiger partial charge in [-0.05, 0) is 0 Å². The first kappa shape index (κ1) is 13.1. The van der Waals surface area contributed by atoms with E-state index in [1.807, 2.05) is 34.6 Å². The van der Waals surface area contributed by atoms with E-state index in [4.69, 9.17) is 4.74 Å². The monoisotopic (exact) mass is 159 g/mol. The highest BCUT2D eigenvalue weighted by atomic mass is 16.5. The second-order valence-corrected chi connectivity index (χ2v) is 1.60. The van der Waals surface area contributed by atoms with Crippen LogP contribution >= 0.6 is 0 Å². The van der Waals surface area contributed by atoms with E-state index in [0.29, 0.717) is 0 Å². The summed E-state index contributed by atoms with van der Waals surface area (Å²) in [5, 5.41) is 0. The molecule has 0 N–H and O–H groups in total. The van der Waals surface area contributed by atoms with Crippen LogP contribution in [0.5, 0.6) is 0 Å². The zero-order chi connectivity index (χ0) is 9.11. The maximum absolute atomic E-state index is 5.03. The lowest BCUT2D eigenvalue weighted by Gasteiger charge is -2.08. The molecule has 2 nitrogen and oxygen atoms in total. The molecular weight excluding hydrogens is 138 g/mol. The van der Waals surface area contributed by atoms with E-state index in [2.05, 4.69) is 4.99 Å². The Labute approximate surface area is 70.7 Å². The molecule has 0 aromatic rings. The van der Waals surface area contributed by atoms with Crippen molar-refractivity contribution in [3.05, 3.63) is 0 Å². The zero-order valence-corrected chi connectivity index (χ0v) is 8.48. The van der Waals surface area contributed by atoms with Crippen molar-refractivity contribution in [2.24, 2.45) is 4.99 Å². The van der Waals surface area contributed by atoms with Crippen molar-refractivity contribution in [1.29, 1.82) is 0 Å². The van der Waals surface area contributed by atoms with Crippen molar-refractivity contribution >= 4 is 5.90 Å². The van der Waals surface area contributed by atoms with Gasteiger partial charge in [-0.25, -0.2) is 0 Å². The molecule has 11 heavy (non-hydrogen) atoms. The number of aliphatic imine (C=N–C) groups is 1. The first-order valence-electron chi connectivity index (χ1n) is 4.53. The summed E-state index contributed by atoms with van der Waals surface area (Å²) in [6, 6.07) is 0. The van der Waals surface area contributed by atoms with Crippen molar-refractivity contribution in [2.75, 3.05) is 13.2 Å². The van der Waals surface area contributed by atoms with Crippen LogP contribution < -0.4 is 0 Å². The highest BCUT2D eigenvalue weighted by Crippen LogP contribution is 1.93. The van der Waals surface area contributed by atoms with Crippen LogP contribution in [0.1, 0.15) is 41.0 Å². The Hall–Kier alpha value is -0.530. The summed E-state index contributed by atoms with van der Waals surface area (Å²) in [4.78, 5) is 4.02. The van der Waals surface area contributed by atoms with Crippen molar-refractivity contribution in [2.45, 2.75) is 41.0 Å². The highest BCUT2D eigenvalue weighted by molar-refractivity contribution is 5.73. The molecule has 68 valence electrons. The Morgan fingerprint density at radius 2 is 1.73 bits per heavy atom. The Morgan fingerprint density at radius 3 is 1.91 bits per heavy atom. The average molecular weight is 159 g/mol. The minimum Gasteiger partial charge on any atom is -0.481 e. The van der Waals surface area contributed by atoms with E-state index < -0.39 is 0 Å². The minimum atomic E-state index is 0.839. The standard InChI is InChI=1S/C5H9NO.2C2H6/c1-5-6-3-2-4-7-5;2*1-2/h2-4H2,1H3;2*1-2H3. The molecule has 0 spiro atoms. The quantitative estimate of drug-likeness (QED) is 0.532. The molecule has 1 aliphatic rings. The topological polar surface area (TPSA) is 21.6 Å². The van der Waals surface area contributed by atoms with E-state index >= 15 is 0 Å². The lowest BCUT2D eigenvalue weighted by atomic mass is 10.4. The summed E-state index contributed by atoms with van der Waals surface area (Å²) < 4.78 is 5.03. The number of nitrogens with zero attached hydrogens (tertiary/aromatic N) is 1. The Morgan fingerprint density at radius 1 is 1.18 bits per heavy atom. The molecule has 1 heterocycles. The Kier molecular flexibility index (Phi) is 14.5. The van der Waals surface area contributed by atoms with E-state index in [-0.39, 0.29) is 0 Å². The first-order valence-corrected chi connectivity index (χ1v) is 4.53. The van der Waals surface area contributed by atoms with Gasteiger partial charge in [0.1, 0.15) is 0 Å². The summed E-state index contributed by atoms with van der Waals surface area (Å²) in [7, 11) is 0. The molecule has 0 saturated heterocycles. The van der Waals surface area contributed by atoms with Crippen LogP contribution in [-0.4, -0.2) is 19.0 Å². The van der Waals surface area contributed by atoms with Gasteiger partial charge in [-0.15, -0.1) is 0 Å². The van der Waals surface area contributed by atoms with Crippen LogP contribution in [0.15, 0.2) is 4.99 Å². The van der Waals surface area contributed by atoms with Crippen LogP contribution in [0, 0.1) is 0 Å². The largest absolute Gasteiger partial charge is 0.481 e. The highest BCUT2D eigenvalue weighted by Gasteiger charge is 1.96. The van der Waals surface area contributed by atoms with Crippen molar-refractivity contribution in [3.63, 3.8) is 0 Å². The fourth-order valence-corrected chi connectivity index (χ4v) is 0.567. The number of ether oxygens (including phenoxy) is 1. The fourth-order valence-electron chi connectivity index (χ4n) is 0.567. The third kappa shape index (κ3) is 9.47. The summed E-state index contributed by atoms with van der Waals surface area (Å²) in [6.07, 6.45) is 1.08. The van der Waals surface area contributed by atoms with Gasteiger partial charge in [0.25, 0.3) is 0 Å². The zero-order valence-electron chi connectivity index (χ0n) is 8.48. The lowest BCUT2D eigenvalue weighted by Crippen LogP contribution is -2.09. The number of hydrogen-bond acceptors (Lipinski definition) is 2. The van der Waals surface area contributed by atoms with Crippen LogP contribution in [-0.2, 0) is 4.74 Å². The predicted molar refractivity (Wildman–Crippen MR) is 51.2 cm³/mol. The van der Waals surface area contributed by atoms with Crippen LogP contribution in [0.25, 0.3) is 0 Å². The van der Waals surface area contributed by atoms with Gasteiger partial charge in [-0.2, -0.15) is 0 Å². The fraction of sp³-hybridized carbons (Fsp3) is 0.889. The molecule has 0 amide bonds. The van der Waals surface area contributed by atoms with E-state index in [1.54, 1.807) is 0 Å². The van der Waals surface area contributed by atoms with Gasteiger partial charge in [0.05, 0.1) is 6.61 Å². The van der Waals surface area contributed by atoms with Gasteiger partial charge in [0.2, 0.25) is 0 Å². The smallest absolute Gasteiger partial charge is 0.179 e. The van der Waals surface area contributed by atoms with Crippen LogP contribution in [0.2, 0.25) is 0 Å². The van der Waals surface area contributed by atoms with Crippen molar-refractivity contribution in [3.8, 4) is 0 Å². The molecule has 2 heteroatoms. The van der Waals surface area contributed by atoms with E-state index in [9.17, 15) is 0 Å². The maximum Gasteiger partial charge on any atom is 0.179 e. The Bertz CT molecular complexity index is 89.6. The number of rotatable bonds is 0. The summed E-state index contributed by atoms with van der Waals surface area (Å²) in [6.45, 7) is 11.7. The SMILES string of the molecule is CC.CC.CC1=NCCCO1. The van der Waals surface area contributed by atoms with Gasteiger partial charge in [-0.3, -0.25) is 4.99 Å². The molecule has 0 aromatic carbocycles. The van der Waals surface area contributed by atoms with Crippen LogP contribution in [0.4, 0.5) is 0 Å². The van der Waals surface area contributed by atoms with Crippen LogP contribution in [0.3, 0.4) is 0 Å². The second kappa shape index (κ2) is 12.2. The first-order chi connectivity index (χ1) is 5.39. The van der Waals surface area contributed by atoms with Gasteiger partial charge in [-0.1, -0.05) is 27.7 Å². The molecule has 0 radical (unpaired) electrons. The minimum absolute atomic E-state index is 0.839. The second-order valence-electron chi connectivity index (χ2n) is 1.60. The summed E-state index contributed by atoms with van der Waals surface area (Å²) in [5.74, 6) is 0.839. The molecule has 1 rings (SSSR count). The third-order valence-corrected chi connectivity index (χ3v) is 0.948. The molecule has 0 unspecified atom stereocenters. The molecular formula is C9H21NO. The average Bonchev–Trinajstić information content (AvgIpc) is 2.13. The number of hydrogen-bond donors (Lipinski definition) is 0. The molecule has 0 fully saturated rings. The van der Waals surface area contributed by atoms with Gasteiger partial charge < -0.3 is 4.74 Å². The Balaban J connectivity index is 0. The molecule has 0 bridgehead atoms. The molecule has 0 saturated carbocycles. The third-order valence-electron chi connectivity index (χ3n) is 0.948. The predicted octanol–water partition coefficient (Wildman–Crippen LogP) is 2.88. The van der Waals surface area contributed by atoms with Crippen molar-refractivity contribution < 1.29 is 4.74 Å². The molecule has 0 aliphatic carbocycles. The van der Waals surface area contributed by atoms with E-state index in [1.165, 1.54) is 0 Å².